The van der Waals surface area contributed by atoms with E-state index >= 15 is 0 Å². The van der Waals surface area contributed by atoms with Gasteiger partial charge in [0.25, 0.3) is 0 Å². The number of rotatable bonds is 0. The van der Waals surface area contributed by atoms with E-state index in [0.717, 1.165) is 6.42 Å². The van der Waals surface area contributed by atoms with Gasteiger partial charge < -0.3 is 19.7 Å². The van der Waals surface area contributed by atoms with Crippen molar-refractivity contribution in [3.05, 3.63) is 12.2 Å². The smallest absolute Gasteiger partial charge is 0.320 e. The first-order valence-corrected chi connectivity index (χ1v) is 9.58. The van der Waals surface area contributed by atoms with Crippen molar-refractivity contribution in [2.24, 2.45) is 34.0 Å². The molecule has 2 spiro atoms. The highest BCUT2D eigenvalue weighted by Gasteiger charge is 2.79. The summed E-state index contributed by atoms with van der Waals surface area (Å²) in [5.41, 5.74) is -1.91. The van der Waals surface area contributed by atoms with Crippen molar-refractivity contribution in [1.82, 2.24) is 0 Å². The average Bonchev–Trinajstić information content (AvgIpc) is 3.01. The minimum Gasteiger partial charge on any atom is -0.461 e. The molecule has 2 bridgehead atoms. The number of carbonyl (C=O) groups excluding carboxylic acids is 2. The van der Waals surface area contributed by atoms with E-state index in [-0.39, 0.29) is 29.6 Å². The first-order chi connectivity index (χ1) is 12.2. The van der Waals surface area contributed by atoms with Crippen LogP contribution in [0.15, 0.2) is 12.2 Å². The van der Waals surface area contributed by atoms with E-state index in [2.05, 4.69) is 20.4 Å². The van der Waals surface area contributed by atoms with Gasteiger partial charge in [-0.2, -0.15) is 0 Å². The van der Waals surface area contributed by atoms with Gasteiger partial charge in [-0.05, 0) is 42.6 Å². The van der Waals surface area contributed by atoms with Crippen LogP contribution in [-0.2, 0) is 19.1 Å². The number of esters is 1. The van der Waals surface area contributed by atoms with Gasteiger partial charge >= 0.3 is 5.97 Å². The molecule has 8 atom stereocenters. The first kappa shape index (κ1) is 16.9. The van der Waals surface area contributed by atoms with Crippen molar-refractivity contribution < 1.29 is 29.3 Å². The second-order valence-electron chi connectivity index (χ2n) is 9.72. The van der Waals surface area contributed by atoms with E-state index < -0.39 is 41.2 Å². The number of Topliss-reactive ketones (excluding diaryl/α,β-unsaturated/α-hetero) is 1. The van der Waals surface area contributed by atoms with Crippen molar-refractivity contribution in [3.8, 4) is 0 Å². The number of carbonyl (C=O) groups is 2. The van der Waals surface area contributed by atoms with Crippen LogP contribution in [0.25, 0.3) is 0 Å². The number of aliphatic hydroxyl groups excluding tert-OH is 2. The van der Waals surface area contributed by atoms with Crippen LogP contribution in [0.5, 0.6) is 0 Å². The molecule has 0 radical (unpaired) electrons. The Labute approximate surface area is 152 Å². The molecule has 26 heavy (non-hydrogen) atoms. The standard InChI is InChI=1S/C20H26O6/c1-9-10-6-11(21)13-19(7-10,15(9)22)17(24)26-12-4-5-18(2,3)14-16(23)25-8-20(12,13)14/h10-14,16,21,23H,1,4-8H2,2-3H3/t10-,11-,12+,13-,14-,16-,19+,20+/m1/s1. The van der Waals surface area contributed by atoms with Crippen LogP contribution in [0.4, 0.5) is 0 Å². The average molecular weight is 362 g/mol. The summed E-state index contributed by atoms with van der Waals surface area (Å²) in [7, 11) is 0. The Bertz CT molecular complexity index is 728. The normalized spacial score (nSPS) is 54.4. The lowest BCUT2D eigenvalue weighted by atomic mass is 9.43. The third-order valence-corrected chi connectivity index (χ3v) is 8.25. The maximum absolute atomic E-state index is 13.2. The Kier molecular flexibility index (Phi) is 3.10. The highest BCUT2D eigenvalue weighted by molar-refractivity contribution is 6.15. The molecule has 0 amide bonds. The fourth-order valence-corrected chi connectivity index (χ4v) is 7.35. The molecule has 2 aliphatic heterocycles. The van der Waals surface area contributed by atoms with E-state index in [1.54, 1.807) is 0 Å². The molecule has 0 aromatic rings. The Balaban J connectivity index is 1.75. The van der Waals surface area contributed by atoms with Crippen LogP contribution >= 0.6 is 0 Å². The summed E-state index contributed by atoms with van der Waals surface area (Å²) in [6, 6.07) is 0. The van der Waals surface area contributed by atoms with E-state index in [1.165, 1.54) is 0 Å². The van der Waals surface area contributed by atoms with E-state index in [4.69, 9.17) is 9.47 Å². The summed E-state index contributed by atoms with van der Waals surface area (Å²) < 4.78 is 11.6. The topological polar surface area (TPSA) is 93.1 Å². The van der Waals surface area contributed by atoms with Crippen molar-refractivity contribution >= 4 is 11.8 Å². The molecule has 6 heteroatoms. The zero-order valence-electron chi connectivity index (χ0n) is 15.2. The summed E-state index contributed by atoms with van der Waals surface area (Å²) in [6.45, 7) is 8.29. The predicted octanol–water partition coefficient (Wildman–Crippen LogP) is 1.20. The molecule has 0 aromatic heterocycles. The van der Waals surface area contributed by atoms with Gasteiger partial charge in [0.2, 0.25) is 0 Å². The SMILES string of the molecule is C=C1C(=O)[C@]23C[C@H]1C[C@@H](O)[C@H]2[C@@]12CO[C@@H](O)[C@@H]1C(C)(C)CC[C@@H]2OC3=O. The molecule has 5 rings (SSSR count). The van der Waals surface area contributed by atoms with Gasteiger partial charge in [-0.1, -0.05) is 20.4 Å². The number of aliphatic hydroxyl groups is 2. The lowest BCUT2D eigenvalue weighted by Crippen LogP contribution is -2.70. The summed E-state index contributed by atoms with van der Waals surface area (Å²) >= 11 is 0. The molecular weight excluding hydrogens is 336 g/mol. The molecule has 2 saturated heterocycles. The zero-order chi connectivity index (χ0) is 18.6. The number of ether oxygens (including phenoxy) is 2. The first-order valence-electron chi connectivity index (χ1n) is 9.58. The third-order valence-electron chi connectivity index (χ3n) is 8.25. The number of hydrogen-bond donors (Lipinski definition) is 2. The quantitative estimate of drug-likeness (QED) is 0.382. The lowest BCUT2D eigenvalue weighted by molar-refractivity contribution is -0.251. The molecule has 5 fully saturated rings. The van der Waals surface area contributed by atoms with Crippen LogP contribution in [0.1, 0.15) is 39.5 Å². The zero-order valence-corrected chi connectivity index (χ0v) is 15.2. The van der Waals surface area contributed by atoms with Crippen molar-refractivity contribution in [3.63, 3.8) is 0 Å². The fourth-order valence-electron chi connectivity index (χ4n) is 7.35. The Morgan fingerprint density at radius 1 is 1.19 bits per heavy atom. The Hall–Kier alpha value is -1.24. The molecule has 2 N–H and O–H groups in total. The van der Waals surface area contributed by atoms with Gasteiger partial charge in [0, 0.05) is 17.3 Å². The molecule has 0 aromatic carbocycles. The Morgan fingerprint density at radius 3 is 2.65 bits per heavy atom. The van der Waals surface area contributed by atoms with Crippen LogP contribution in [-0.4, -0.2) is 47.1 Å². The fraction of sp³-hybridized carbons (Fsp3) is 0.800. The molecule has 142 valence electrons. The van der Waals surface area contributed by atoms with Crippen molar-refractivity contribution in [2.45, 2.75) is 58.0 Å². The molecule has 2 heterocycles. The van der Waals surface area contributed by atoms with Gasteiger partial charge in [-0.3, -0.25) is 9.59 Å². The highest BCUT2D eigenvalue weighted by atomic mass is 16.6. The number of allylic oxidation sites excluding steroid dienone is 1. The summed E-state index contributed by atoms with van der Waals surface area (Å²) in [5.74, 6) is -1.84. The van der Waals surface area contributed by atoms with Crippen LogP contribution in [0, 0.1) is 34.0 Å². The van der Waals surface area contributed by atoms with E-state index in [9.17, 15) is 19.8 Å². The van der Waals surface area contributed by atoms with E-state index in [1.807, 2.05) is 0 Å². The van der Waals surface area contributed by atoms with Gasteiger partial charge in [0.1, 0.15) is 11.5 Å². The summed E-state index contributed by atoms with van der Waals surface area (Å²) in [4.78, 5) is 26.3. The van der Waals surface area contributed by atoms with Gasteiger partial charge in [-0.25, -0.2) is 0 Å². The second kappa shape index (κ2) is 4.78. The van der Waals surface area contributed by atoms with Crippen LogP contribution < -0.4 is 0 Å². The maximum Gasteiger partial charge on any atom is 0.320 e. The highest BCUT2D eigenvalue weighted by Crippen LogP contribution is 2.71. The number of hydrogen-bond acceptors (Lipinski definition) is 6. The lowest BCUT2D eigenvalue weighted by Gasteiger charge is -2.62. The minimum absolute atomic E-state index is 0.170. The largest absolute Gasteiger partial charge is 0.461 e. The molecule has 3 aliphatic carbocycles. The predicted molar refractivity (Wildman–Crippen MR) is 89.6 cm³/mol. The molecule has 6 nitrogen and oxygen atoms in total. The van der Waals surface area contributed by atoms with Gasteiger partial charge in [-0.15, -0.1) is 0 Å². The molecule has 3 saturated carbocycles. The monoisotopic (exact) mass is 362 g/mol. The van der Waals surface area contributed by atoms with Crippen LogP contribution in [0.2, 0.25) is 0 Å². The summed E-state index contributed by atoms with van der Waals surface area (Å²) in [6.07, 6.45) is 0.0166. The third kappa shape index (κ3) is 1.61. The van der Waals surface area contributed by atoms with Gasteiger partial charge in [0.05, 0.1) is 12.7 Å². The molecule has 5 aliphatic rings. The minimum atomic E-state index is -1.37. The molecular formula is C20H26O6. The maximum atomic E-state index is 13.2. The van der Waals surface area contributed by atoms with Gasteiger partial charge in [0.15, 0.2) is 12.1 Å². The van der Waals surface area contributed by atoms with Crippen molar-refractivity contribution in [1.29, 1.82) is 0 Å². The summed E-state index contributed by atoms with van der Waals surface area (Å²) in [5, 5.41) is 21.8. The van der Waals surface area contributed by atoms with Crippen LogP contribution in [0.3, 0.4) is 0 Å². The van der Waals surface area contributed by atoms with E-state index in [0.29, 0.717) is 24.8 Å². The Morgan fingerprint density at radius 2 is 1.92 bits per heavy atom. The molecule has 0 unspecified atom stereocenters. The second-order valence-corrected chi connectivity index (χ2v) is 9.72. The number of fused-ring (bicyclic) bond motifs is 1. The van der Waals surface area contributed by atoms with Crippen molar-refractivity contribution in [2.75, 3.05) is 6.61 Å². The number of ketones is 1.